The third kappa shape index (κ3) is 4.57. The average molecular weight is 260 g/mol. The van der Waals surface area contributed by atoms with Gasteiger partial charge in [0.15, 0.2) is 0 Å². The Hall–Kier alpha value is -1.53. The second-order valence-corrected chi connectivity index (χ2v) is 4.93. The van der Waals surface area contributed by atoms with E-state index in [1.807, 2.05) is 6.07 Å². The molecule has 3 nitrogen and oxygen atoms in total. The van der Waals surface area contributed by atoms with Gasteiger partial charge < -0.3 is 9.64 Å². The van der Waals surface area contributed by atoms with E-state index < -0.39 is 0 Å². The Morgan fingerprint density at radius 1 is 1.37 bits per heavy atom. The molecular formula is C16H24N2O. The third-order valence-electron chi connectivity index (χ3n) is 3.40. The molecule has 104 valence electrons. The van der Waals surface area contributed by atoms with Crippen LogP contribution in [-0.4, -0.2) is 25.6 Å². The molecule has 0 aliphatic carbocycles. The van der Waals surface area contributed by atoms with Crippen molar-refractivity contribution in [2.45, 2.75) is 33.2 Å². The van der Waals surface area contributed by atoms with E-state index in [9.17, 15) is 0 Å². The number of ether oxygens (including phenoxy) is 1. The molecule has 0 amide bonds. The molecule has 0 aliphatic rings. The van der Waals surface area contributed by atoms with Crippen molar-refractivity contribution in [2.75, 3.05) is 20.7 Å². The third-order valence-corrected chi connectivity index (χ3v) is 3.40. The lowest BCUT2D eigenvalue weighted by Crippen LogP contribution is -2.24. The van der Waals surface area contributed by atoms with Gasteiger partial charge in [-0.2, -0.15) is 5.26 Å². The van der Waals surface area contributed by atoms with Crippen molar-refractivity contribution in [3.05, 3.63) is 29.3 Å². The molecule has 3 heteroatoms. The molecule has 1 aromatic rings. The fourth-order valence-corrected chi connectivity index (χ4v) is 2.17. The lowest BCUT2D eigenvalue weighted by molar-refractivity contribution is 0.286. The summed E-state index contributed by atoms with van der Waals surface area (Å²) < 4.78 is 5.41. The molecular weight excluding hydrogens is 236 g/mol. The van der Waals surface area contributed by atoms with Gasteiger partial charge in [-0.05, 0) is 31.5 Å². The number of hydrogen-bond acceptors (Lipinski definition) is 3. The Kier molecular flexibility index (Phi) is 6.38. The van der Waals surface area contributed by atoms with Gasteiger partial charge >= 0.3 is 0 Å². The van der Waals surface area contributed by atoms with Crippen LogP contribution < -0.4 is 4.74 Å². The molecule has 0 aromatic heterocycles. The summed E-state index contributed by atoms with van der Waals surface area (Å²) in [6, 6.07) is 8.68. The van der Waals surface area contributed by atoms with Crippen molar-refractivity contribution in [2.24, 2.45) is 5.92 Å². The van der Waals surface area contributed by atoms with Crippen LogP contribution in [0.25, 0.3) is 0 Å². The zero-order valence-electron chi connectivity index (χ0n) is 12.4. The standard InChI is InChI=1S/C16H24N2O/c1-5-13-7-8-16(19-4)15(9-13)12-18(3)11-14(6-2)10-17/h7-9,14H,5-6,11-12H2,1-4H3. The van der Waals surface area contributed by atoms with E-state index in [1.165, 1.54) is 11.1 Å². The summed E-state index contributed by atoms with van der Waals surface area (Å²) >= 11 is 0. The van der Waals surface area contributed by atoms with Crippen molar-refractivity contribution >= 4 is 0 Å². The highest BCUT2D eigenvalue weighted by atomic mass is 16.5. The molecule has 1 atom stereocenters. The second kappa shape index (κ2) is 7.81. The summed E-state index contributed by atoms with van der Waals surface area (Å²) in [4.78, 5) is 2.19. The minimum Gasteiger partial charge on any atom is -0.496 e. The minimum absolute atomic E-state index is 0.102. The number of methoxy groups -OCH3 is 1. The summed E-state index contributed by atoms with van der Waals surface area (Å²) in [6.45, 7) is 5.82. The second-order valence-electron chi connectivity index (χ2n) is 4.93. The molecule has 0 bridgehead atoms. The zero-order valence-corrected chi connectivity index (χ0v) is 12.4. The smallest absolute Gasteiger partial charge is 0.123 e. The van der Waals surface area contributed by atoms with Gasteiger partial charge in [0.1, 0.15) is 5.75 Å². The van der Waals surface area contributed by atoms with E-state index >= 15 is 0 Å². The largest absolute Gasteiger partial charge is 0.496 e. The molecule has 1 unspecified atom stereocenters. The van der Waals surface area contributed by atoms with Crippen LogP contribution in [-0.2, 0) is 13.0 Å². The molecule has 0 fully saturated rings. The molecule has 0 radical (unpaired) electrons. The fraction of sp³-hybridized carbons (Fsp3) is 0.562. The average Bonchev–Trinajstić information content (AvgIpc) is 2.44. The first-order valence-corrected chi connectivity index (χ1v) is 6.88. The van der Waals surface area contributed by atoms with Crippen molar-refractivity contribution < 1.29 is 4.74 Å². The Balaban J connectivity index is 2.77. The molecule has 0 saturated heterocycles. The molecule has 0 heterocycles. The van der Waals surface area contributed by atoms with Gasteiger partial charge in [0, 0.05) is 18.7 Å². The Morgan fingerprint density at radius 2 is 2.11 bits per heavy atom. The number of nitriles is 1. The van der Waals surface area contributed by atoms with Gasteiger partial charge in [-0.1, -0.05) is 26.0 Å². The lowest BCUT2D eigenvalue weighted by atomic mass is 10.1. The van der Waals surface area contributed by atoms with Gasteiger partial charge in [-0.25, -0.2) is 0 Å². The van der Waals surface area contributed by atoms with Crippen LogP contribution in [0.1, 0.15) is 31.4 Å². The van der Waals surface area contributed by atoms with Crippen molar-refractivity contribution in [3.63, 3.8) is 0 Å². The van der Waals surface area contributed by atoms with Crippen LogP contribution in [0.4, 0.5) is 0 Å². The first-order chi connectivity index (χ1) is 9.14. The van der Waals surface area contributed by atoms with Crippen LogP contribution in [0.3, 0.4) is 0 Å². The van der Waals surface area contributed by atoms with Crippen molar-refractivity contribution in [1.29, 1.82) is 5.26 Å². The Morgan fingerprint density at radius 3 is 2.63 bits per heavy atom. The normalized spacial score (nSPS) is 12.2. The van der Waals surface area contributed by atoms with Gasteiger partial charge in [0.2, 0.25) is 0 Å². The zero-order chi connectivity index (χ0) is 14.3. The number of aryl methyl sites for hydroxylation is 1. The first-order valence-electron chi connectivity index (χ1n) is 6.88. The van der Waals surface area contributed by atoms with Crippen LogP contribution in [0.5, 0.6) is 5.75 Å². The highest BCUT2D eigenvalue weighted by Gasteiger charge is 2.11. The van der Waals surface area contributed by atoms with Crippen LogP contribution >= 0.6 is 0 Å². The van der Waals surface area contributed by atoms with Crippen LogP contribution in [0.2, 0.25) is 0 Å². The number of nitrogens with zero attached hydrogens (tertiary/aromatic N) is 2. The Bertz CT molecular complexity index is 437. The molecule has 1 aromatic carbocycles. The van der Waals surface area contributed by atoms with Gasteiger partial charge in [-0.15, -0.1) is 0 Å². The molecule has 0 N–H and O–H groups in total. The van der Waals surface area contributed by atoms with E-state index in [-0.39, 0.29) is 5.92 Å². The predicted molar refractivity (Wildman–Crippen MR) is 78.1 cm³/mol. The fourth-order valence-electron chi connectivity index (χ4n) is 2.17. The van der Waals surface area contributed by atoms with Crippen molar-refractivity contribution in [3.8, 4) is 11.8 Å². The number of rotatable bonds is 7. The SMILES string of the molecule is CCc1ccc(OC)c(CN(C)CC(C#N)CC)c1. The van der Waals surface area contributed by atoms with Gasteiger partial charge in [0.05, 0.1) is 19.1 Å². The Labute approximate surface area is 116 Å². The quantitative estimate of drug-likeness (QED) is 0.755. The minimum atomic E-state index is 0.102. The summed E-state index contributed by atoms with van der Waals surface area (Å²) in [6.07, 6.45) is 1.92. The maximum Gasteiger partial charge on any atom is 0.123 e. The maximum atomic E-state index is 9.02. The monoisotopic (exact) mass is 260 g/mol. The van der Waals surface area contributed by atoms with Crippen LogP contribution in [0, 0.1) is 17.2 Å². The highest BCUT2D eigenvalue weighted by Crippen LogP contribution is 2.22. The van der Waals surface area contributed by atoms with Crippen molar-refractivity contribution in [1.82, 2.24) is 4.90 Å². The van der Waals surface area contributed by atoms with E-state index in [1.54, 1.807) is 7.11 Å². The summed E-state index contributed by atoms with van der Waals surface area (Å²) in [5.74, 6) is 1.03. The maximum absolute atomic E-state index is 9.02. The lowest BCUT2D eigenvalue weighted by Gasteiger charge is -2.20. The topological polar surface area (TPSA) is 36.3 Å². The highest BCUT2D eigenvalue weighted by molar-refractivity contribution is 5.37. The number of benzene rings is 1. The van der Waals surface area contributed by atoms with Gasteiger partial charge in [0.25, 0.3) is 0 Å². The molecule has 0 spiro atoms. The predicted octanol–water partition coefficient (Wildman–Crippen LogP) is 3.24. The molecule has 1 rings (SSSR count). The molecule has 0 aliphatic heterocycles. The first kappa shape index (κ1) is 15.5. The summed E-state index contributed by atoms with van der Waals surface area (Å²) in [5.41, 5.74) is 2.51. The summed E-state index contributed by atoms with van der Waals surface area (Å²) in [7, 11) is 3.76. The summed E-state index contributed by atoms with van der Waals surface area (Å²) in [5, 5.41) is 9.02. The van der Waals surface area contributed by atoms with Crippen LogP contribution in [0.15, 0.2) is 18.2 Å². The molecule has 19 heavy (non-hydrogen) atoms. The van der Waals surface area contributed by atoms with Gasteiger partial charge in [-0.3, -0.25) is 0 Å². The van der Waals surface area contributed by atoms with E-state index in [2.05, 4.69) is 44.0 Å². The van der Waals surface area contributed by atoms with E-state index in [4.69, 9.17) is 10.00 Å². The molecule has 0 saturated carbocycles. The van der Waals surface area contributed by atoms with E-state index in [0.717, 1.165) is 31.7 Å². The number of hydrogen-bond donors (Lipinski definition) is 0. The van der Waals surface area contributed by atoms with E-state index in [0.29, 0.717) is 0 Å².